The molecule has 0 aromatic heterocycles. The van der Waals surface area contributed by atoms with Crippen molar-refractivity contribution in [2.75, 3.05) is 6.61 Å². The minimum absolute atomic E-state index is 0.171. The summed E-state index contributed by atoms with van der Waals surface area (Å²) in [5, 5.41) is 8.67. The van der Waals surface area contributed by atoms with Gasteiger partial charge in [-0.1, -0.05) is 36.1 Å². The largest absolute Gasteiger partial charge is 0.486 e. The van der Waals surface area contributed by atoms with Gasteiger partial charge >= 0.3 is 0 Å². The van der Waals surface area contributed by atoms with E-state index in [4.69, 9.17) is 9.84 Å². The summed E-state index contributed by atoms with van der Waals surface area (Å²) in [5.41, 5.74) is 2.26. The Kier molecular flexibility index (Phi) is 4.75. The number of hydrogen-bond donors (Lipinski definition) is 1. The molecule has 2 rings (SSSR count). The Morgan fingerprint density at radius 3 is 2.80 bits per heavy atom. The Hall–Kier alpha value is -2.31. The summed E-state index contributed by atoms with van der Waals surface area (Å²) in [4.78, 5) is 0. The molecule has 0 saturated carbocycles. The first-order chi connectivity index (χ1) is 9.70. The lowest BCUT2D eigenvalue weighted by Gasteiger charge is -2.08. The lowest BCUT2D eigenvalue weighted by atomic mass is 10.1. The van der Waals surface area contributed by atoms with Crippen molar-refractivity contribution in [1.82, 2.24) is 0 Å². The zero-order valence-electron chi connectivity index (χ0n) is 11.2. The maximum atomic E-state index is 13.8. The molecule has 2 aromatic rings. The summed E-state index contributed by atoms with van der Waals surface area (Å²) in [6, 6.07) is 12.5. The van der Waals surface area contributed by atoms with Crippen LogP contribution in [-0.4, -0.2) is 11.7 Å². The molecule has 0 aliphatic rings. The van der Waals surface area contributed by atoms with Crippen LogP contribution in [0.1, 0.15) is 16.7 Å². The maximum absolute atomic E-state index is 13.8. The van der Waals surface area contributed by atoms with Crippen molar-refractivity contribution in [3.63, 3.8) is 0 Å². The summed E-state index contributed by atoms with van der Waals surface area (Å²) in [7, 11) is 0. The predicted molar refractivity (Wildman–Crippen MR) is 75.9 cm³/mol. The van der Waals surface area contributed by atoms with Gasteiger partial charge in [0.1, 0.15) is 13.2 Å². The quantitative estimate of drug-likeness (QED) is 0.869. The van der Waals surface area contributed by atoms with E-state index < -0.39 is 0 Å². The van der Waals surface area contributed by atoms with Crippen LogP contribution in [0.3, 0.4) is 0 Å². The molecule has 0 atom stereocenters. The van der Waals surface area contributed by atoms with Gasteiger partial charge in [0, 0.05) is 5.56 Å². The first-order valence-corrected chi connectivity index (χ1v) is 6.27. The van der Waals surface area contributed by atoms with Gasteiger partial charge in [-0.05, 0) is 36.2 Å². The van der Waals surface area contributed by atoms with Gasteiger partial charge in [-0.2, -0.15) is 0 Å². The third-order valence-corrected chi connectivity index (χ3v) is 2.79. The second kappa shape index (κ2) is 6.74. The second-order valence-corrected chi connectivity index (χ2v) is 4.34. The minimum Gasteiger partial charge on any atom is -0.486 e. The fourth-order valence-electron chi connectivity index (χ4n) is 1.77. The van der Waals surface area contributed by atoms with E-state index in [1.54, 1.807) is 25.1 Å². The monoisotopic (exact) mass is 270 g/mol. The molecule has 0 aliphatic heterocycles. The van der Waals surface area contributed by atoms with Crippen LogP contribution in [0, 0.1) is 24.6 Å². The number of hydrogen-bond acceptors (Lipinski definition) is 2. The van der Waals surface area contributed by atoms with Crippen LogP contribution in [-0.2, 0) is 6.61 Å². The molecule has 3 heteroatoms. The summed E-state index contributed by atoms with van der Waals surface area (Å²) < 4.78 is 19.3. The molecule has 0 saturated heterocycles. The van der Waals surface area contributed by atoms with Crippen LogP contribution in [0.5, 0.6) is 5.75 Å². The average Bonchev–Trinajstić information content (AvgIpc) is 2.47. The summed E-state index contributed by atoms with van der Waals surface area (Å²) in [6.45, 7) is 1.80. The van der Waals surface area contributed by atoms with Gasteiger partial charge in [-0.25, -0.2) is 4.39 Å². The van der Waals surface area contributed by atoms with Crippen LogP contribution in [0.15, 0.2) is 42.5 Å². The van der Waals surface area contributed by atoms with Crippen LogP contribution < -0.4 is 4.74 Å². The molecule has 0 spiro atoms. The smallest absolute Gasteiger partial charge is 0.167 e. The molecule has 0 bridgehead atoms. The number of rotatable bonds is 3. The number of aryl methyl sites for hydroxylation is 1. The Morgan fingerprint density at radius 2 is 2.00 bits per heavy atom. The predicted octanol–water partition coefficient (Wildman–Crippen LogP) is 3.06. The Labute approximate surface area is 117 Å². The molecule has 0 unspecified atom stereocenters. The minimum atomic E-state index is -0.330. The van der Waals surface area contributed by atoms with E-state index in [9.17, 15) is 4.39 Å². The van der Waals surface area contributed by atoms with E-state index >= 15 is 0 Å². The van der Waals surface area contributed by atoms with Gasteiger partial charge < -0.3 is 9.84 Å². The fraction of sp³-hybridized carbons (Fsp3) is 0.176. The first kappa shape index (κ1) is 14.1. The van der Waals surface area contributed by atoms with E-state index in [1.807, 2.05) is 24.3 Å². The zero-order valence-corrected chi connectivity index (χ0v) is 11.2. The molecule has 102 valence electrons. The average molecular weight is 270 g/mol. The molecule has 0 radical (unpaired) electrons. The molecular formula is C17H15FO2. The van der Waals surface area contributed by atoms with Crippen LogP contribution in [0.4, 0.5) is 4.39 Å². The molecule has 0 fully saturated rings. The number of aliphatic hydroxyl groups excluding tert-OH is 1. The third kappa shape index (κ3) is 3.59. The van der Waals surface area contributed by atoms with Gasteiger partial charge in [0.15, 0.2) is 11.6 Å². The highest BCUT2D eigenvalue weighted by atomic mass is 19.1. The van der Waals surface area contributed by atoms with Crippen molar-refractivity contribution in [3.05, 3.63) is 65.0 Å². The lowest BCUT2D eigenvalue weighted by molar-refractivity contribution is 0.289. The highest BCUT2D eigenvalue weighted by Gasteiger charge is 2.05. The molecular weight excluding hydrogens is 255 g/mol. The van der Waals surface area contributed by atoms with E-state index in [-0.39, 0.29) is 24.8 Å². The van der Waals surface area contributed by atoms with Crippen molar-refractivity contribution in [2.45, 2.75) is 13.5 Å². The van der Waals surface area contributed by atoms with E-state index in [0.717, 1.165) is 11.1 Å². The SMILES string of the molecule is Cc1cccc(OCc2cccc(C#CCO)c2)c1F. The zero-order chi connectivity index (χ0) is 14.4. The lowest BCUT2D eigenvalue weighted by Crippen LogP contribution is -1.98. The number of benzene rings is 2. The fourth-order valence-corrected chi connectivity index (χ4v) is 1.77. The molecule has 20 heavy (non-hydrogen) atoms. The summed E-state index contributed by atoms with van der Waals surface area (Å²) >= 11 is 0. The van der Waals surface area contributed by atoms with E-state index in [1.165, 1.54) is 0 Å². The maximum Gasteiger partial charge on any atom is 0.167 e. The van der Waals surface area contributed by atoms with Crippen LogP contribution in [0.25, 0.3) is 0 Å². The topological polar surface area (TPSA) is 29.5 Å². The number of aliphatic hydroxyl groups is 1. The second-order valence-electron chi connectivity index (χ2n) is 4.34. The Morgan fingerprint density at radius 1 is 1.20 bits per heavy atom. The Bertz CT molecular complexity index is 654. The molecule has 0 amide bonds. The van der Waals surface area contributed by atoms with Gasteiger partial charge in [0.25, 0.3) is 0 Å². The Balaban J connectivity index is 2.09. The van der Waals surface area contributed by atoms with Crippen molar-refractivity contribution < 1.29 is 14.2 Å². The number of ether oxygens (including phenoxy) is 1. The molecule has 2 aromatic carbocycles. The van der Waals surface area contributed by atoms with Gasteiger partial charge in [-0.15, -0.1) is 0 Å². The number of halogens is 1. The normalized spacial score (nSPS) is 9.75. The van der Waals surface area contributed by atoms with Crippen LogP contribution >= 0.6 is 0 Å². The van der Waals surface area contributed by atoms with Crippen molar-refractivity contribution in [1.29, 1.82) is 0 Å². The summed E-state index contributed by atoms with van der Waals surface area (Å²) in [5.74, 6) is 5.33. The molecule has 1 N–H and O–H groups in total. The molecule has 2 nitrogen and oxygen atoms in total. The molecule has 0 aliphatic carbocycles. The van der Waals surface area contributed by atoms with Gasteiger partial charge in [-0.3, -0.25) is 0 Å². The van der Waals surface area contributed by atoms with Crippen LogP contribution in [0.2, 0.25) is 0 Å². The van der Waals surface area contributed by atoms with E-state index in [2.05, 4.69) is 11.8 Å². The standard InChI is InChI=1S/C17H15FO2/c1-13-5-2-9-16(17(13)18)20-12-15-7-3-6-14(11-15)8-4-10-19/h2-3,5-7,9,11,19H,10,12H2,1H3. The first-order valence-electron chi connectivity index (χ1n) is 6.27. The highest BCUT2D eigenvalue weighted by molar-refractivity contribution is 5.37. The van der Waals surface area contributed by atoms with E-state index in [0.29, 0.717) is 5.56 Å². The van der Waals surface area contributed by atoms with Crippen molar-refractivity contribution >= 4 is 0 Å². The van der Waals surface area contributed by atoms with Gasteiger partial charge in [0.05, 0.1) is 0 Å². The van der Waals surface area contributed by atoms with Crippen molar-refractivity contribution in [2.24, 2.45) is 0 Å². The molecule has 0 heterocycles. The van der Waals surface area contributed by atoms with Crippen molar-refractivity contribution in [3.8, 4) is 17.6 Å². The highest BCUT2D eigenvalue weighted by Crippen LogP contribution is 2.20. The summed E-state index contributed by atoms with van der Waals surface area (Å²) in [6.07, 6.45) is 0. The van der Waals surface area contributed by atoms with Gasteiger partial charge in [0.2, 0.25) is 0 Å². The third-order valence-electron chi connectivity index (χ3n) is 2.79.